The molecule has 0 radical (unpaired) electrons. The Hall–Kier alpha value is -2.03. The highest BCUT2D eigenvalue weighted by Crippen LogP contribution is 2.43. The Morgan fingerprint density at radius 3 is 1.51 bits per heavy atom. The van der Waals surface area contributed by atoms with Crippen molar-refractivity contribution in [3.05, 3.63) is 48.6 Å². The molecule has 320 valence electrons. The number of carbonyl (C=O) groups excluding carboxylic acids is 2. The van der Waals surface area contributed by atoms with Crippen molar-refractivity contribution in [2.24, 2.45) is 0 Å². The predicted molar refractivity (Wildman–Crippen MR) is 229 cm³/mol. The first-order valence-electron chi connectivity index (χ1n) is 21.9. The largest absolute Gasteiger partial charge is 0.472 e. The highest BCUT2D eigenvalue weighted by molar-refractivity contribution is 7.47. The van der Waals surface area contributed by atoms with E-state index >= 15 is 0 Å². The molecule has 0 heterocycles. The van der Waals surface area contributed by atoms with Gasteiger partial charge in [-0.05, 0) is 91.1 Å². The third kappa shape index (κ3) is 41.4. The first-order chi connectivity index (χ1) is 26.7. The summed E-state index contributed by atoms with van der Waals surface area (Å²) in [6, 6.07) is 0. The molecule has 2 unspecified atom stereocenters. The Kier molecular flexibility index (Phi) is 38.7. The molecule has 0 amide bonds. The zero-order valence-corrected chi connectivity index (χ0v) is 36.5. The van der Waals surface area contributed by atoms with Crippen LogP contribution in [-0.4, -0.2) is 68.3 Å². The van der Waals surface area contributed by atoms with Crippen molar-refractivity contribution in [2.75, 3.05) is 40.5 Å². The maximum absolute atomic E-state index is 12.6. The van der Waals surface area contributed by atoms with Gasteiger partial charge in [-0.25, -0.2) is 4.57 Å². The van der Waals surface area contributed by atoms with Gasteiger partial charge in [0.1, 0.15) is 6.61 Å². The van der Waals surface area contributed by atoms with Crippen LogP contribution in [0.25, 0.3) is 0 Å². The van der Waals surface area contributed by atoms with E-state index in [4.69, 9.17) is 18.5 Å². The number of ether oxygens (including phenoxy) is 2. The Bertz CT molecular complexity index is 1060. The molecular weight excluding hydrogens is 713 g/mol. The van der Waals surface area contributed by atoms with Crippen LogP contribution in [0.4, 0.5) is 0 Å². The van der Waals surface area contributed by atoms with Gasteiger partial charge >= 0.3 is 19.8 Å². The van der Waals surface area contributed by atoms with E-state index in [2.05, 4.69) is 62.5 Å². The smallest absolute Gasteiger partial charge is 0.462 e. The summed E-state index contributed by atoms with van der Waals surface area (Å²) in [5, 5.41) is 0. The topological polar surface area (TPSA) is 112 Å². The van der Waals surface area contributed by atoms with Gasteiger partial charge in [0.25, 0.3) is 0 Å². The van der Waals surface area contributed by atoms with Crippen molar-refractivity contribution in [3.8, 4) is 0 Å². The van der Waals surface area contributed by atoms with Gasteiger partial charge in [-0.2, -0.15) is 0 Å². The molecule has 0 spiro atoms. The fourth-order valence-corrected chi connectivity index (χ4v) is 6.43. The van der Waals surface area contributed by atoms with Crippen molar-refractivity contribution < 1.29 is 37.6 Å². The minimum atomic E-state index is -4.37. The van der Waals surface area contributed by atoms with Crippen LogP contribution in [0.2, 0.25) is 0 Å². The molecule has 0 aromatic carbocycles. The number of carbonyl (C=O) groups is 2. The van der Waals surface area contributed by atoms with Gasteiger partial charge in [0, 0.05) is 19.4 Å². The molecule has 55 heavy (non-hydrogen) atoms. The lowest BCUT2D eigenvalue weighted by Crippen LogP contribution is -2.29. The summed E-state index contributed by atoms with van der Waals surface area (Å²) in [5.41, 5.74) is 0. The third-order valence-corrected chi connectivity index (χ3v) is 10.1. The average molecular weight is 796 g/mol. The highest BCUT2D eigenvalue weighted by Gasteiger charge is 2.26. The molecule has 2 atom stereocenters. The minimum absolute atomic E-state index is 0.00144. The van der Waals surface area contributed by atoms with E-state index in [9.17, 15) is 19.0 Å². The number of unbranched alkanes of at least 4 members (excludes halogenated alkanes) is 18. The first-order valence-corrected chi connectivity index (χ1v) is 23.4. The lowest BCUT2D eigenvalue weighted by atomic mass is 10.1. The fraction of sp³-hybridized carbons (Fsp3) is 0.778. The monoisotopic (exact) mass is 796 g/mol. The maximum atomic E-state index is 12.6. The number of rotatable bonds is 40. The number of hydrogen-bond acceptors (Lipinski definition) is 8. The summed E-state index contributed by atoms with van der Waals surface area (Å²) in [7, 11) is -0.727. The summed E-state index contributed by atoms with van der Waals surface area (Å²) >= 11 is 0. The molecule has 0 fully saturated rings. The normalized spacial score (nSPS) is 13.9. The van der Waals surface area contributed by atoms with E-state index in [1.54, 1.807) is 0 Å². The fourth-order valence-electron chi connectivity index (χ4n) is 5.69. The van der Waals surface area contributed by atoms with Gasteiger partial charge in [0.15, 0.2) is 6.10 Å². The summed E-state index contributed by atoms with van der Waals surface area (Å²) in [6.07, 6.45) is 44.3. The van der Waals surface area contributed by atoms with E-state index in [1.807, 2.05) is 19.0 Å². The lowest BCUT2D eigenvalue weighted by molar-refractivity contribution is -0.161. The Balaban J connectivity index is 4.34. The van der Waals surface area contributed by atoms with Gasteiger partial charge in [-0.15, -0.1) is 0 Å². The van der Waals surface area contributed by atoms with Crippen LogP contribution in [0.3, 0.4) is 0 Å². The molecule has 9 nitrogen and oxygen atoms in total. The van der Waals surface area contributed by atoms with Crippen LogP contribution in [0.1, 0.15) is 181 Å². The zero-order chi connectivity index (χ0) is 40.5. The summed E-state index contributed by atoms with van der Waals surface area (Å²) in [6.45, 7) is 4.25. The van der Waals surface area contributed by atoms with Crippen LogP contribution in [-0.2, 0) is 32.7 Å². The summed E-state index contributed by atoms with van der Waals surface area (Å²) < 4.78 is 33.4. The number of allylic oxidation sites excluding steroid dienone is 8. The van der Waals surface area contributed by atoms with Crippen LogP contribution < -0.4 is 0 Å². The van der Waals surface area contributed by atoms with Crippen LogP contribution >= 0.6 is 7.82 Å². The molecule has 0 aromatic rings. The Morgan fingerprint density at radius 2 is 0.982 bits per heavy atom. The van der Waals surface area contributed by atoms with E-state index in [0.717, 1.165) is 64.2 Å². The molecule has 0 saturated carbocycles. The van der Waals surface area contributed by atoms with Gasteiger partial charge < -0.3 is 19.3 Å². The van der Waals surface area contributed by atoms with Crippen molar-refractivity contribution >= 4 is 19.8 Å². The second-order valence-corrected chi connectivity index (χ2v) is 16.3. The number of phosphoric acid groups is 1. The van der Waals surface area contributed by atoms with E-state index in [1.165, 1.54) is 77.0 Å². The van der Waals surface area contributed by atoms with E-state index in [0.29, 0.717) is 19.4 Å². The lowest BCUT2D eigenvalue weighted by Gasteiger charge is -2.20. The molecular formula is C45H82NO8P. The molecule has 1 N–H and O–H groups in total. The van der Waals surface area contributed by atoms with Gasteiger partial charge in [-0.3, -0.25) is 18.6 Å². The molecule has 0 aromatic heterocycles. The molecule has 0 aliphatic heterocycles. The number of nitrogens with zero attached hydrogens (tertiary/aromatic N) is 1. The molecule has 0 rings (SSSR count). The predicted octanol–water partition coefficient (Wildman–Crippen LogP) is 12.5. The van der Waals surface area contributed by atoms with Crippen LogP contribution in [0, 0.1) is 0 Å². The van der Waals surface area contributed by atoms with Crippen molar-refractivity contribution in [2.45, 2.75) is 187 Å². The Labute approximate surface area is 337 Å². The molecule has 0 bridgehead atoms. The van der Waals surface area contributed by atoms with E-state index < -0.39 is 32.5 Å². The number of esters is 2. The van der Waals surface area contributed by atoms with Crippen LogP contribution in [0.15, 0.2) is 48.6 Å². The first kappa shape index (κ1) is 53.0. The molecule has 0 saturated heterocycles. The molecule has 0 aliphatic rings. The standard InChI is InChI=1S/C45H82NO8P/c1-5-7-9-11-13-15-17-19-21-22-24-25-27-29-31-33-35-37-44(47)51-41-43(42-53-55(49,50)52-40-39-46(3)4)54-45(48)38-36-34-32-30-28-26-23-20-18-16-14-12-10-8-6-2/h13,15-16,18-19,21,24-25,43H,5-12,14,17,20,22-23,26-42H2,1-4H3,(H,49,50)/b15-13-,18-16-,21-19-,25-24-. The molecule has 10 heteroatoms. The van der Waals surface area contributed by atoms with Crippen molar-refractivity contribution in [3.63, 3.8) is 0 Å². The quantitative estimate of drug-likeness (QED) is 0.0280. The van der Waals surface area contributed by atoms with Gasteiger partial charge in [-0.1, -0.05) is 140 Å². The number of likely N-dealkylation sites (N-methyl/N-ethyl adjacent to an activating group) is 1. The third-order valence-electron chi connectivity index (χ3n) is 9.11. The minimum Gasteiger partial charge on any atom is -0.462 e. The summed E-state index contributed by atoms with van der Waals surface area (Å²) in [4.78, 5) is 37.0. The second kappa shape index (κ2) is 40.2. The highest BCUT2D eigenvalue weighted by atomic mass is 31.2. The van der Waals surface area contributed by atoms with E-state index in [-0.39, 0.29) is 26.1 Å². The number of phosphoric ester groups is 1. The Morgan fingerprint density at radius 1 is 0.564 bits per heavy atom. The average Bonchev–Trinajstić information content (AvgIpc) is 3.15. The second-order valence-electron chi connectivity index (χ2n) is 14.9. The van der Waals surface area contributed by atoms with Gasteiger partial charge in [0.2, 0.25) is 0 Å². The maximum Gasteiger partial charge on any atom is 0.472 e. The summed E-state index contributed by atoms with van der Waals surface area (Å²) in [5.74, 6) is -0.834. The zero-order valence-electron chi connectivity index (χ0n) is 35.6. The van der Waals surface area contributed by atoms with Crippen molar-refractivity contribution in [1.29, 1.82) is 0 Å². The SMILES string of the molecule is CCCCC/C=C\C/C=C\C/C=C\CCCCCCC(=O)OCC(COP(=O)(O)OCCN(C)C)OC(=O)CCCCCCCCC/C=C\CCCCCC. The van der Waals surface area contributed by atoms with Gasteiger partial charge in [0.05, 0.1) is 13.2 Å². The van der Waals surface area contributed by atoms with Crippen molar-refractivity contribution in [1.82, 2.24) is 4.90 Å². The molecule has 0 aliphatic carbocycles. The number of hydrogen-bond donors (Lipinski definition) is 1. The van der Waals surface area contributed by atoms with Crippen LogP contribution in [0.5, 0.6) is 0 Å².